The van der Waals surface area contributed by atoms with Crippen LogP contribution in [0.2, 0.25) is 0 Å². The van der Waals surface area contributed by atoms with E-state index in [1.165, 1.54) is 4.68 Å². The molecule has 16 heavy (non-hydrogen) atoms. The maximum atomic E-state index is 11.8. The Morgan fingerprint density at radius 2 is 2.38 bits per heavy atom. The van der Waals surface area contributed by atoms with E-state index in [2.05, 4.69) is 16.4 Å². The molecule has 0 saturated carbocycles. The van der Waals surface area contributed by atoms with E-state index in [1.807, 2.05) is 11.0 Å². The molecule has 0 bridgehead atoms. The SMILES string of the molecule is NCc1cn(CC(=O)N2CC=CCC2)nn1. The second-order valence-electron chi connectivity index (χ2n) is 3.71. The predicted octanol–water partition coefficient (Wildman–Crippen LogP) is -0.475. The van der Waals surface area contributed by atoms with E-state index in [9.17, 15) is 4.79 Å². The van der Waals surface area contributed by atoms with Crippen LogP contribution >= 0.6 is 0 Å². The Kier molecular flexibility index (Phi) is 3.31. The lowest BCUT2D eigenvalue weighted by Crippen LogP contribution is -2.36. The van der Waals surface area contributed by atoms with Crippen molar-refractivity contribution in [2.24, 2.45) is 5.73 Å². The van der Waals surface area contributed by atoms with Crippen molar-refractivity contribution in [3.63, 3.8) is 0 Å². The molecule has 2 rings (SSSR count). The predicted molar refractivity (Wildman–Crippen MR) is 58.3 cm³/mol. The summed E-state index contributed by atoms with van der Waals surface area (Å²) in [4.78, 5) is 13.6. The van der Waals surface area contributed by atoms with Gasteiger partial charge in [-0.25, -0.2) is 4.68 Å². The van der Waals surface area contributed by atoms with Crippen LogP contribution in [0.3, 0.4) is 0 Å². The molecule has 0 aromatic carbocycles. The summed E-state index contributed by atoms with van der Waals surface area (Å²) in [5.41, 5.74) is 6.12. The molecule has 86 valence electrons. The molecule has 2 N–H and O–H groups in total. The lowest BCUT2D eigenvalue weighted by atomic mass is 10.2. The van der Waals surface area contributed by atoms with E-state index in [4.69, 9.17) is 5.73 Å². The first kappa shape index (κ1) is 10.8. The van der Waals surface area contributed by atoms with E-state index in [0.29, 0.717) is 18.8 Å². The zero-order chi connectivity index (χ0) is 11.4. The Bertz CT molecular complexity index is 398. The molecule has 0 saturated heterocycles. The van der Waals surface area contributed by atoms with E-state index in [0.717, 1.165) is 13.0 Å². The first-order valence-electron chi connectivity index (χ1n) is 5.31. The summed E-state index contributed by atoms with van der Waals surface area (Å²) >= 11 is 0. The van der Waals surface area contributed by atoms with Crippen LogP contribution in [-0.4, -0.2) is 38.9 Å². The van der Waals surface area contributed by atoms with Gasteiger partial charge in [0.15, 0.2) is 0 Å². The van der Waals surface area contributed by atoms with Crippen LogP contribution in [0.15, 0.2) is 18.3 Å². The van der Waals surface area contributed by atoms with Crippen molar-refractivity contribution in [2.75, 3.05) is 13.1 Å². The molecular formula is C10H15N5O. The highest BCUT2D eigenvalue weighted by Gasteiger charge is 2.14. The quantitative estimate of drug-likeness (QED) is 0.700. The number of nitrogens with two attached hydrogens (primary N) is 1. The van der Waals surface area contributed by atoms with Crippen molar-refractivity contribution in [1.29, 1.82) is 0 Å². The minimum Gasteiger partial charge on any atom is -0.337 e. The summed E-state index contributed by atoms with van der Waals surface area (Å²) in [5.74, 6) is 0.0674. The molecule has 2 heterocycles. The first-order chi connectivity index (χ1) is 7.79. The van der Waals surface area contributed by atoms with Crippen molar-refractivity contribution in [3.05, 3.63) is 24.0 Å². The summed E-state index contributed by atoms with van der Waals surface area (Å²) in [6.45, 7) is 2.06. The smallest absolute Gasteiger partial charge is 0.244 e. The molecule has 6 heteroatoms. The van der Waals surface area contributed by atoms with Gasteiger partial charge in [0.05, 0.1) is 11.9 Å². The third-order valence-corrected chi connectivity index (χ3v) is 2.50. The van der Waals surface area contributed by atoms with Crippen molar-refractivity contribution in [3.8, 4) is 0 Å². The number of amides is 1. The molecule has 0 unspecified atom stereocenters. The summed E-state index contributed by atoms with van der Waals surface area (Å²) in [5, 5.41) is 7.68. The van der Waals surface area contributed by atoms with E-state index >= 15 is 0 Å². The number of aromatic nitrogens is 3. The van der Waals surface area contributed by atoms with Crippen LogP contribution in [0, 0.1) is 0 Å². The van der Waals surface area contributed by atoms with Crippen LogP contribution in [0.25, 0.3) is 0 Å². The monoisotopic (exact) mass is 221 g/mol. The third kappa shape index (κ3) is 2.46. The highest BCUT2D eigenvalue weighted by atomic mass is 16.2. The molecule has 1 aromatic heterocycles. The molecule has 0 radical (unpaired) electrons. The van der Waals surface area contributed by atoms with Gasteiger partial charge in [-0.3, -0.25) is 4.79 Å². The number of rotatable bonds is 3. The van der Waals surface area contributed by atoms with E-state index < -0.39 is 0 Å². The number of nitrogens with zero attached hydrogens (tertiary/aromatic N) is 4. The Morgan fingerprint density at radius 1 is 1.50 bits per heavy atom. The van der Waals surface area contributed by atoms with Crippen LogP contribution in [0.1, 0.15) is 12.1 Å². The van der Waals surface area contributed by atoms with Crippen molar-refractivity contribution in [2.45, 2.75) is 19.5 Å². The number of carbonyl (C=O) groups excluding carboxylic acids is 1. The van der Waals surface area contributed by atoms with Crippen LogP contribution < -0.4 is 5.73 Å². The minimum atomic E-state index is 0.0674. The zero-order valence-electron chi connectivity index (χ0n) is 9.04. The van der Waals surface area contributed by atoms with Gasteiger partial charge in [0.2, 0.25) is 5.91 Å². The molecule has 1 aliphatic rings. The van der Waals surface area contributed by atoms with Gasteiger partial charge in [0.1, 0.15) is 6.54 Å². The second-order valence-corrected chi connectivity index (χ2v) is 3.71. The van der Waals surface area contributed by atoms with E-state index in [1.54, 1.807) is 6.20 Å². The average Bonchev–Trinajstić information content (AvgIpc) is 2.78. The molecule has 0 aliphatic carbocycles. The fourth-order valence-electron chi connectivity index (χ4n) is 1.62. The second kappa shape index (κ2) is 4.89. The lowest BCUT2D eigenvalue weighted by Gasteiger charge is -2.23. The topological polar surface area (TPSA) is 77.0 Å². The fraction of sp³-hybridized carbons (Fsp3) is 0.500. The lowest BCUT2D eigenvalue weighted by molar-refractivity contribution is -0.131. The number of hydrogen-bond acceptors (Lipinski definition) is 4. The molecule has 1 amide bonds. The van der Waals surface area contributed by atoms with Crippen molar-refractivity contribution >= 4 is 5.91 Å². The van der Waals surface area contributed by atoms with Crippen LogP contribution in [0.5, 0.6) is 0 Å². The highest BCUT2D eigenvalue weighted by Crippen LogP contribution is 2.02. The maximum Gasteiger partial charge on any atom is 0.244 e. The normalized spacial score (nSPS) is 15.4. The summed E-state index contributed by atoms with van der Waals surface area (Å²) in [7, 11) is 0. The first-order valence-corrected chi connectivity index (χ1v) is 5.31. The minimum absolute atomic E-state index is 0.0674. The zero-order valence-corrected chi connectivity index (χ0v) is 9.04. The molecule has 0 atom stereocenters. The standard InChI is InChI=1S/C10H15N5O/c11-6-9-7-15(13-12-9)8-10(16)14-4-2-1-3-5-14/h1-2,7H,3-6,8,11H2. The van der Waals surface area contributed by atoms with Gasteiger partial charge in [-0.2, -0.15) is 0 Å². The van der Waals surface area contributed by atoms with Gasteiger partial charge in [0, 0.05) is 19.6 Å². The summed E-state index contributed by atoms with van der Waals surface area (Å²) in [6, 6.07) is 0. The Hall–Kier alpha value is -1.69. The highest BCUT2D eigenvalue weighted by molar-refractivity contribution is 5.76. The number of carbonyl (C=O) groups is 1. The molecule has 0 spiro atoms. The van der Waals surface area contributed by atoms with Gasteiger partial charge in [-0.1, -0.05) is 17.4 Å². The Morgan fingerprint density at radius 3 is 3.00 bits per heavy atom. The van der Waals surface area contributed by atoms with Gasteiger partial charge in [0.25, 0.3) is 0 Å². The molecule has 1 aliphatic heterocycles. The van der Waals surface area contributed by atoms with Crippen LogP contribution in [-0.2, 0) is 17.9 Å². The molecule has 0 fully saturated rings. The number of hydrogen-bond donors (Lipinski definition) is 1. The maximum absolute atomic E-state index is 11.8. The molecule has 6 nitrogen and oxygen atoms in total. The van der Waals surface area contributed by atoms with Gasteiger partial charge in [-0.05, 0) is 6.42 Å². The third-order valence-electron chi connectivity index (χ3n) is 2.50. The Balaban J connectivity index is 1.93. The summed E-state index contributed by atoms with van der Waals surface area (Å²) in [6.07, 6.45) is 6.73. The fourth-order valence-corrected chi connectivity index (χ4v) is 1.62. The van der Waals surface area contributed by atoms with Crippen molar-refractivity contribution in [1.82, 2.24) is 19.9 Å². The molecular weight excluding hydrogens is 206 g/mol. The van der Waals surface area contributed by atoms with E-state index in [-0.39, 0.29) is 12.5 Å². The van der Waals surface area contributed by atoms with Crippen molar-refractivity contribution < 1.29 is 4.79 Å². The van der Waals surface area contributed by atoms with Gasteiger partial charge in [-0.15, -0.1) is 5.10 Å². The largest absolute Gasteiger partial charge is 0.337 e. The average molecular weight is 221 g/mol. The Labute approximate surface area is 93.7 Å². The van der Waals surface area contributed by atoms with Gasteiger partial charge < -0.3 is 10.6 Å². The summed E-state index contributed by atoms with van der Waals surface area (Å²) < 4.78 is 1.53. The van der Waals surface area contributed by atoms with Crippen LogP contribution in [0.4, 0.5) is 0 Å². The molecule has 1 aromatic rings. The van der Waals surface area contributed by atoms with Gasteiger partial charge >= 0.3 is 0 Å².